The van der Waals surface area contributed by atoms with Crippen LogP contribution in [0.2, 0.25) is 0 Å². The Morgan fingerprint density at radius 3 is 2.63 bits per heavy atom. The molecule has 3 heteroatoms. The SMILES string of the molecule is C[C@@H](N[C@H]1CC[C@@H](c2ccc(OC3C=COC3)cc2)C1)c1cccc2ccccc12. The minimum Gasteiger partial charge on any atom is -0.497 e. The van der Waals surface area contributed by atoms with E-state index in [1.165, 1.54) is 41.2 Å². The molecular formula is C27H29NO2. The van der Waals surface area contributed by atoms with Crippen molar-refractivity contribution < 1.29 is 9.47 Å². The molecule has 1 aliphatic carbocycles. The lowest BCUT2D eigenvalue weighted by Crippen LogP contribution is -2.29. The van der Waals surface area contributed by atoms with Gasteiger partial charge in [-0.3, -0.25) is 0 Å². The number of hydrogen-bond acceptors (Lipinski definition) is 3. The van der Waals surface area contributed by atoms with E-state index in [4.69, 9.17) is 9.47 Å². The summed E-state index contributed by atoms with van der Waals surface area (Å²) in [6.07, 6.45) is 7.35. The molecule has 0 saturated heterocycles. The van der Waals surface area contributed by atoms with Gasteiger partial charge < -0.3 is 14.8 Å². The molecule has 3 aromatic rings. The number of hydrogen-bond donors (Lipinski definition) is 1. The van der Waals surface area contributed by atoms with Gasteiger partial charge in [-0.15, -0.1) is 0 Å². The van der Waals surface area contributed by atoms with Gasteiger partial charge in [-0.2, -0.15) is 0 Å². The van der Waals surface area contributed by atoms with E-state index in [0.717, 1.165) is 5.75 Å². The molecule has 0 aromatic heterocycles. The van der Waals surface area contributed by atoms with Crippen molar-refractivity contribution >= 4 is 10.8 Å². The molecule has 1 unspecified atom stereocenters. The first-order valence-electron chi connectivity index (χ1n) is 11.0. The predicted molar refractivity (Wildman–Crippen MR) is 122 cm³/mol. The van der Waals surface area contributed by atoms with Crippen molar-refractivity contribution in [2.24, 2.45) is 0 Å². The van der Waals surface area contributed by atoms with Crippen molar-refractivity contribution in [3.05, 3.63) is 90.2 Å². The maximum Gasteiger partial charge on any atom is 0.154 e. The summed E-state index contributed by atoms with van der Waals surface area (Å²) < 4.78 is 11.1. The van der Waals surface area contributed by atoms with Gasteiger partial charge >= 0.3 is 0 Å². The van der Waals surface area contributed by atoms with Crippen LogP contribution in [0.5, 0.6) is 5.75 Å². The van der Waals surface area contributed by atoms with E-state index in [1.807, 2.05) is 6.08 Å². The average molecular weight is 400 g/mol. The van der Waals surface area contributed by atoms with Gasteiger partial charge in [0.25, 0.3) is 0 Å². The largest absolute Gasteiger partial charge is 0.497 e. The van der Waals surface area contributed by atoms with Crippen molar-refractivity contribution in [1.82, 2.24) is 5.32 Å². The standard InChI is InChI=1S/C27H29NO2/c1-19(26-8-4-6-21-5-2-3-7-27(21)26)28-23-12-9-22(17-23)20-10-13-24(14-11-20)30-25-15-16-29-18-25/h2-8,10-11,13-16,19,22-23,25,28H,9,12,17-18H2,1H3/t19-,22-,23+,25?/m1/s1. The quantitative estimate of drug-likeness (QED) is 0.542. The lowest BCUT2D eigenvalue weighted by Gasteiger charge is -2.21. The summed E-state index contributed by atoms with van der Waals surface area (Å²) in [7, 11) is 0. The highest BCUT2D eigenvalue weighted by molar-refractivity contribution is 5.86. The molecule has 1 heterocycles. The second-order valence-corrected chi connectivity index (χ2v) is 8.55. The molecule has 0 spiro atoms. The number of ether oxygens (including phenoxy) is 2. The maximum atomic E-state index is 5.93. The summed E-state index contributed by atoms with van der Waals surface area (Å²) >= 11 is 0. The Kier molecular flexibility index (Phi) is 5.46. The summed E-state index contributed by atoms with van der Waals surface area (Å²) in [4.78, 5) is 0. The second-order valence-electron chi connectivity index (χ2n) is 8.55. The van der Waals surface area contributed by atoms with Crippen LogP contribution in [0, 0.1) is 0 Å². The van der Waals surface area contributed by atoms with E-state index in [9.17, 15) is 0 Å². The van der Waals surface area contributed by atoms with Gasteiger partial charge in [0.05, 0.1) is 6.26 Å². The van der Waals surface area contributed by atoms with Crippen LogP contribution in [0.15, 0.2) is 79.1 Å². The topological polar surface area (TPSA) is 30.5 Å². The van der Waals surface area contributed by atoms with E-state index >= 15 is 0 Å². The molecule has 1 saturated carbocycles. The molecule has 1 aliphatic heterocycles. The first-order chi connectivity index (χ1) is 14.8. The first kappa shape index (κ1) is 19.2. The fourth-order valence-corrected chi connectivity index (χ4v) is 4.92. The van der Waals surface area contributed by atoms with Crippen molar-refractivity contribution in [3.8, 4) is 5.75 Å². The van der Waals surface area contributed by atoms with Gasteiger partial charge in [-0.1, -0.05) is 54.6 Å². The summed E-state index contributed by atoms with van der Waals surface area (Å²) in [5.41, 5.74) is 2.81. The molecule has 5 rings (SSSR count). The lowest BCUT2D eigenvalue weighted by molar-refractivity contribution is 0.164. The van der Waals surface area contributed by atoms with Crippen LogP contribution in [0.3, 0.4) is 0 Å². The Labute approximate surface area is 178 Å². The summed E-state index contributed by atoms with van der Waals surface area (Å²) in [5, 5.41) is 6.57. The van der Waals surface area contributed by atoms with Gasteiger partial charge in [-0.25, -0.2) is 0 Å². The van der Waals surface area contributed by atoms with Gasteiger partial charge in [0.1, 0.15) is 12.4 Å². The Hall–Kier alpha value is -2.78. The van der Waals surface area contributed by atoms with Crippen molar-refractivity contribution in [1.29, 1.82) is 0 Å². The molecule has 1 fully saturated rings. The molecular weight excluding hydrogens is 370 g/mol. The predicted octanol–water partition coefficient (Wildman–Crippen LogP) is 6.12. The molecule has 0 bridgehead atoms. The summed E-state index contributed by atoms with van der Waals surface area (Å²) in [6, 6.07) is 24.9. The van der Waals surface area contributed by atoms with Gasteiger partial charge in [0.15, 0.2) is 6.10 Å². The lowest BCUT2D eigenvalue weighted by atomic mass is 9.96. The first-order valence-corrected chi connectivity index (χ1v) is 11.0. The van der Waals surface area contributed by atoms with Crippen molar-refractivity contribution in [3.63, 3.8) is 0 Å². The Balaban J connectivity index is 1.21. The molecule has 30 heavy (non-hydrogen) atoms. The molecule has 3 nitrogen and oxygen atoms in total. The zero-order chi connectivity index (χ0) is 20.3. The number of rotatable bonds is 6. The fraction of sp³-hybridized carbons (Fsp3) is 0.333. The van der Waals surface area contributed by atoms with Gasteiger partial charge in [0, 0.05) is 12.1 Å². The maximum absolute atomic E-state index is 5.93. The van der Waals surface area contributed by atoms with Crippen LogP contribution in [0.4, 0.5) is 0 Å². The van der Waals surface area contributed by atoms with Crippen LogP contribution in [-0.2, 0) is 4.74 Å². The zero-order valence-corrected chi connectivity index (χ0v) is 17.5. The monoisotopic (exact) mass is 399 g/mol. The molecule has 154 valence electrons. The van der Waals surface area contributed by atoms with Crippen LogP contribution in [0.1, 0.15) is 49.3 Å². The highest BCUT2D eigenvalue weighted by Crippen LogP contribution is 2.36. The molecule has 0 amide bonds. The van der Waals surface area contributed by atoms with E-state index in [2.05, 4.69) is 79.0 Å². The Morgan fingerprint density at radius 1 is 0.967 bits per heavy atom. The van der Waals surface area contributed by atoms with Crippen LogP contribution in [-0.4, -0.2) is 18.8 Å². The summed E-state index contributed by atoms with van der Waals surface area (Å²) in [6.45, 7) is 2.90. The van der Waals surface area contributed by atoms with E-state index in [-0.39, 0.29) is 6.10 Å². The van der Waals surface area contributed by atoms with Crippen molar-refractivity contribution in [2.75, 3.05) is 6.61 Å². The minimum atomic E-state index is 0.0338. The zero-order valence-electron chi connectivity index (χ0n) is 17.5. The molecule has 0 radical (unpaired) electrons. The van der Waals surface area contributed by atoms with Crippen molar-refractivity contribution in [2.45, 2.75) is 50.3 Å². The molecule has 2 aliphatic rings. The van der Waals surface area contributed by atoms with Gasteiger partial charge in [-0.05, 0) is 72.2 Å². The van der Waals surface area contributed by atoms with Crippen LogP contribution in [0.25, 0.3) is 10.8 Å². The highest BCUT2D eigenvalue weighted by atomic mass is 16.5. The minimum absolute atomic E-state index is 0.0338. The number of fused-ring (bicyclic) bond motifs is 1. The van der Waals surface area contributed by atoms with E-state index in [1.54, 1.807) is 6.26 Å². The molecule has 3 aromatic carbocycles. The third-order valence-corrected chi connectivity index (χ3v) is 6.50. The van der Waals surface area contributed by atoms with Crippen LogP contribution >= 0.6 is 0 Å². The summed E-state index contributed by atoms with van der Waals surface area (Å²) in [5.74, 6) is 1.53. The van der Waals surface area contributed by atoms with Crippen LogP contribution < -0.4 is 10.1 Å². The van der Waals surface area contributed by atoms with E-state index in [0.29, 0.717) is 24.6 Å². The third-order valence-electron chi connectivity index (χ3n) is 6.50. The fourth-order valence-electron chi connectivity index (χ4n) is 4.92. The average Bonchev–Trinajstić information content (AvgIpc) is 3.46. The smallest absolute Gasteiger partial charge is 0.154 e. The third kappa shape index (κ3) is 4.08. The number of nitrogens with one attached hydrogen (secondary N) is 1. The van der Waals surface area contributed by atoms with Gasteiger partial charge in [0.2, 0.25) is 0 Å². The highest BCUT2D eigenvalue weighted by Gasteiger charge is 2.27. The molecule has 4 atom stereocenters. The number of benzene rings is 3. The van der Waals surface area contributed by atoms with E-state index < -0.39 is 0 Å². The molecule has 1 N–H and O–H groups in total. The normalized spacial score (nSPS) is 24.1. The Morgan fingerprint density at radius 2 is 1.80 bits per heavy atom. The Bertz CT molecular complexity index is 1020. The second kappa shape index (κ2) is 8.53.